The van der Waals surface area contributed by atoms with Crippen molar-refractivity contribution in [3.8, 4) is 0 Å². The molecule has 0 aromatic heterocycles. The first-order valence-corrected chi connectivity index (χ1v) is 24.5. The molecular weight excluding hydrogens is 816 g/mol. The van der Waals surface area contributed by atoms with Crippen LogP contribution in [0.5, 0.6) is 0 Å². The molecule has 0 saturated heterocycles. The Morgan fingerprint density at radius 2 is 0.361 bits per heavy atom. The van der Waals surface area contributed by atoms with Gasteiger partial charge in [-0.2, -0.15) is 0 Å². The molecule has 0 aliphatic rings. The maximum atomic E-state index is 10.5. The van der Waals surface area contributed by atoms with Gasteiger partial charge in [0.2, 0.25) is 0 Å². The molecular formula is C48H92O12Ti. The van der Waals surface area contributed by atoms with Crippen molar-refractivity contribution in [1.82, 2.24) is 0 Å². The Labute approximate surface area is 388 Å². The van der Waals surface area contributed by atoms with Crippen LogP contribution in [0.2, 0.25) is 0 Å². The number of hydrogen-bond acceptors (Lipinski definition) is 12. The molecule has 0 bridgehead atoms. The van der Waals surface area contributed by atoms with Gasteiger partial charge < -0.3 is 40.6 Å². The summed E-state index contributed by atoms with van der Waals surface area (Å²) in [5.74, 6) is -2.51. The van der Waals surface area contributed by atoms with E-state index >= 15 is 0 Å². The second kappa shape index (κ2) is 65.1. The molecule has 360 valence electrons. The molecule has 0 atom stereocenters. The molecule has 0 amide bonds. The van der Waals surface area contributed by atoms with Crippen LogP contribution in [0, 0.1) is 0 Å². The summed E-state index contributed by atoms with van der Waals surface area (Å²) in [6, 6.07) is 0. The summed E-state index contributed by atoms with van der Waals surface area (Å²) >= 11 is 0. The minimum absolute atomic E-state index is 0. The van der Waals surface area contributed by atoms with Gasteiger partial charge in [0.25, 0.3) is 23.9 Å². The molecule has 0 radical (unpaired) electrons. The van der Waals surface area contributed by atoms with Crippen molar-refractivity contribution in [2.45, 2.75) is 285 Å². The maximum Gasteiger partial charge on any atom is 4.00 e. The molecule has 0 aliphatic heterocycles. The fourth-order valence-corrected chi connectivity index (χ4v) is 6.49. The summed E-state index contributed by atoms with van der Waals surface area (Å²) in [6.45, 7) is 8.87. The Bertz CT molecular complexity index is 727. The Balaban J connectivity index is -0.000000227. The van der Waals surface area contributed by atoms with Crippen LogP contribution < -0.4 is 21.0 Å². The second-order valence-corrected chi connectivity index (χ2v) is 16.1. The van der Waals surface area contributed by atoms with Gasteiger partial charge in [0.05, 0.1) is 0 Å². The summed E-state index contributed by atoms with van der Waals surface area (Å²) in [5.41, 5.74) is 0. The van der Waals surface area contributed by atoms with Crippen molar-refractivity contribution in [2.24, 2.45) is 0 Å². The topological polar surface area (TPSA) is 197 Å². The SMILES string of the molecule is CCCCCCCCCCCC(=O)O[O-].CCCCCCCCCCCC(=O)O[O-].CCCCCCCCCCCC(=O)O[O-].CCCCCCCCCCCC(=O)O[O-].[Ti+4]. The van der Waals surface area contributed by atoms with E-state index in [4.69, 9.17) is 0 Å². The molecule has 0 N–H and O–H groups in total. The van der Waals surface area contributed by atoms with Crippen LogP contribution in [0.15, 0.2) is 0 Å². The monoisotopic (exact) mass is 909 g/mol. The normalized spacial score (nSPS) is 10.1. The molecule has 0 rings (SSSR count). The summed E-state index contributed by atoms with van der Waals surface area (Å²) in [5, 5.41) is 38.6. The molecule has 0 spiro atoms. The quantitative estimate of drug-likeness (QED) is 0.0244. The first kappa shape index (κ1) is 68.5. The Morgan fingerprint density at radius 1 is 0.246 bits per heavy atom. The van der Waals surface area contributed by atoms with Crippen LogP contribution >= 0.6 is 0 Å². The van der Waals surface area contributed by atoms with E-state index in [1.165, 1.54) is 154 Å². The Hall–Kier alpha value is -1.57. The standard InChI is InChI=1S/4C12H24O3.Ti/c4*1-2-3-4-5-6-7-8-9-10-11-12(13)15-14;/h4*14H,2-11H2,1H3;/q;;;;+4/p-4. The van der Waals surface area contributed by atoms with E-state index < -0.39 is 23.9 Å². The van der Waals surface area contributed by atoms with Crippen LogP contribution in [-0.4, -0.2) is 23.9 Å². The molecule has 13 heteroatoms. The van der Waals surface area contributed by atoms with Gasteiger partial charge in [0.15, 0.2) is 0 Å². The second-order valence-electron chi connectivity index (χ2n) is 16.1. The third-order valence-electron chi connectivity index (χ3n) is 10.3. The number of hydrogen-bond donors (Lipinski definition) is 0. The third kappa shape index (κ3) is 73.2. The molecule has 0 aromatic rings. The molecule has 0 unspecified atom stereocenters. The summed E-state index contributed by atoms with van der Waals surface area (Å²) in [7, 11) is 0. The number of carbonyl (C=O) groups excluding carboxylic acids is 4. The predicted octanol–water partition coefficient (Wildman–Crippen LogP) is 10.9. The van der Waals surface area contributed by atoms with Gasteiger partial charge in [0, 0.05) is 25.7 Å². The van der Waals surface area contributed by atoms with Gasteiger partial charge in [-0.1, -0.05) is 233 Å². The zero-order chi connectivity index (χ0) is 45.4. The van der Waals surface area contributed by atoms with Gasteiger partial charge in [-0.15, -0.1) is 0 Å². The van der Waals surface area contributed by atoms with Gasteiger partial charge in [-0.25, -0.2) is 0 Å². The molecule has 0 fully saturated rings. The van der Waals surface area contributed by atoms with Crippen LogP contribution in [0.25, 0.3) is 0 Å². The van der Waals surface area contributed by atoms with Crippen LogP contribution in [0.3, 0.4) is 0 Å². The number of unbranched alkanes of at least 4 members (excludes halogenated alkanes) is 32. The molecule has 0 heterocycles. The molecule has 0 aliphatic carbocycles. The van der Waals surface area contributed by atoms with Crippen molar-refractivity contribution in [2.75, 3.05) is 0 Å². The smallest absolute Gasteiger partial charge is 0.662 e. The summed E-state index contributed by atoms with van der Waals surface area (Å²) < 4.78 is 0. The van der Waals surface area contributed by atoms with Crippen molar-refractivity contribution < 1.29 is 81.5 Å². The van der Waals surface area contributed by atoms with E-state index in [9.17, 15) is 40.2 Å². The molecule has 0 aromatic carbocycles. The predicted molar refractivity (Wildman–Crippen MR) is 232 cm³/mol. The van der Waals surface area contributed by atoms with Gasteiger partial charge in [0.1, 0.15) is 0 Å². The maximum absolute atomic E-state index is 10.5. The van der Waals surface area contributed by atoms with E-state index in [0.717, 1.165) is 77.0 Å². The fourth-order valence-electron chi connectivity index (χ4n) is 6.49. The van der Waals surface area contributed by atoms with Gasteiger partial charge in [-0.05, 0) is 25.7 Å². The first-order valence-electron chi connectivity index (χ1n) is 24.5. The fraction of sp³-hybridized carbons (Fsp3) is 0.917. The van der Waals surface area contributed by atoms with E-state index in [1.54, 1.807) is 0 Å². The molecule has 61 heavy (non-hydrogen) atoms. The summed E-state index contributed by atoms with van der Waals surface area (Å²) in [4.78, 5) is 55.3. The van der Waals surface area contributed by atoms with Gasteiger partial charge in [-0.3, -0.25) is 19.2 Å². The van der Waals surface area contributed by atoms with Crippen LogP contribution in [0.1, 0.15) is 285 Å². The minimum Gasteiger partial charge on any atom is -0.662 e. The van der Waals surface area contributed by atoms with E-state index in [-0.39, 0.29) is 47.4 Å². The van der Waals surface area contributed by atoms with Crippen LogP contribution in [0.4, 0.5) is 0 Å². The van der Waals surface area contributed by atoms with E-state index in [2.05, 4.69) is 47.2 Å². The summed E-state index contributed by atoms with van der Waals surface area (Å²) in [6.07, 6.45) is 44.4. The Kier molecular flexibility index (Phi) is 73.0. The number of carbonyl (C=O) groups is 4. The number of rotatable bonds is 40. The van der Waals surface area contributed by atoms with Crippen molar-refractivity contribution >= 4 is 23.9 Å². The molecule has 12 nitrogen and oxygen atoms in total. The van der Waals surface area contributed by atoms with E-state index in [1.807, 2.05) is 0 Å². The zero-order valence-corrected chi connectivity index (χ0v) is 41.2. The van der Waals surface area contributed by atoms with Crippen molar-refractivity contribution in [1.29, 1.82) is 0 Å². The Morgan fingerprint density at radius 3 is 0.475 bits per heavy atom. The average molecular weight is 909 g/mol. The third-order valence-corrected chi connectivity index (χ3v) is 10.3. The largest absolute Gasteiger partial charge is 4.00 e. The molecule has 0 saturated carbocycles. The average Bonchev–Trinajstić information content (AvgIpc) is 3.27. The minimum atomic E-state index is -0.627. The van der Waals surface area contributed by atoms with Crippen molar-refractivity contribution in [3.05, 3.63) is 0 Å². The zero-order valence-electron chi connectivity index (χ0n) is 39.7. The van der Waals surface area contributed by atoms with Crippen molar-refractivity contribution in [3.63, 3.8) is 0 Å². The first-order chi connectivity index (χ1) is 29.2. The van der Waals surface area contributed by atoms with Gasteiger partial charge >= 0.3 is 21.7 Å². The van der Waals surface area contributed by atoms with E-state index in [0.29, 0.717) is 0 Å². The van der Waals surface area contributed by atoms with Crippen LogP contribution in [-0.2, 0) is 60.4 Å².